The molecule has 1 aromatic rings. The van der Waals surface area contributed by atoms with Gasteiger partial charge in [0, 0.05) is 10.9 Å². The predicted octanol–water partition coefficient (Wildman–Crippen LogP) is 4.63. The molecule has 90 valence electrons. The van der Waals surface area contributed by atoms with E-state index in [4.69, 9.17) is 11.6 Å². The van der Waals surface area contributed by atoms with Crippen LogP contribution in [0.3, 0.4) is 0 Å². The zero-order valence-electron chi connectivity index (χ0n) is 9.84. The normalized spacial score (nSPS) is 19.9. The second-order valence-electron chi connectivity index (χ2n) is 4.57. The van der Waals surface area contributed by atoms with Crippen LogP contribution in [0.5, 0.6) is 0 Å². The summed E-state index contributed by atoms with van der Waals surface area (Å²) < 4.78 is 0. The average Bonchev–Trinajstić information content (AvgIpc) is 2.73. The third kappa shape index (κ3) is 2.79. The fraction of sp³-hybridized carbons (Fsp3) is 0.692. The molecule has 0 aromatic carbocycles. The van der Waals surface area contributed by atoms with E-state index in [1.54, 1.807) is 11.3 Å². The van der Waals surface area contributed by atoms with Gasteiger partial charge in [-0.1, -0.05) is 37.8 Å². The number of hydrogen-bond donors (Lipinski definition) is 1. The second-order valence-corrected chi connectivity index (χ2v) is 5.92. The molecule has 0 radical (unpaired) electrons. The van der Waals surface area contributed by atoms with Crippen LogP contribution in [0.4, 0.5) is 0 Å². The van der Waals surface area contributed by atoms with E-state index in [0.29, 0.717) is 6.04 Å². The lowest BCUT2D eigenvalue weighted by Gasteiger charge is -2.30. The highest BCUT2D eigenvalue weighted by atomic mass is 35.5. The number of halogens is 1. The Balaban J connectivity index is 2.12. The van der Waals surface area contributed by atoms with Gasteiger partial charge in [-0.3, -0.25) is 0 Å². The summed E-state index contributed by atoms with van der Waals surface area (Å²) >= 11 is 8.06. The van der Waals surface area contributed by atoms with Crippen LogP contribution in [-0.4, -0.2) is 6.54 Å². The quantitative estimate of drug-likeness (QED) is 0.829. The first-order valence-corrected chi connectivity index (χ1v) is 7.55. The number of hydrogen-bond acceptors (Lipinski definition) is 2. The molecule has 2 rings (SSSR count). The smallest absolute Gasteiger partial charge is 0.0561 e. The Morgan fingerprint density at radius 1 is 1.44 bits per heavy atom. The first-order chi connectivity index (χ1) is 7.83. The summed E-state index contributed by atoms with van der Waals surface area (Å²) in [6.45, 7) is 3.20. The fourth-order valence-electron chi connectivity index (χ4n) is 2.69. The van der Waals surface area contributed by atoms with Gasteiger partial charge < -0.3 is 5.32 Å². The van der Waals surface area contributed by atoms with Crippen molar-refractivity contribution in [2.45, 2.75) is 45.1 Å². The van der Waals surface area contributed by atoms with E-state index < -0.39 is 0 Å². The molecular formula is C13H20ClNS. The molecule has 1 nitrogen and oxygen atoms in total. The van der Waals surface area contributed by atoms with Crippen LogP contribution in [0.1, 0.15) is 49.9 Å². The third-order valence-electron chi connectivity index (χ3n) is 3.47. The molecule has 1 aromatic heterocycles. The van der Waals surface area contributed by atoms with Gasteiger partial charge >= 0.3 is 0 Å². The minimum absolute atomic E-state index is 0.484. The number of nitrogens with one attached hydrogen (secondary N) is 1. The van der Waals surface area contributed by atoms with Gasteiger partial charge in [-0.25, -0.2) is 0 Å². The monoisotopic (exact) mass is 257 g/mol. The van der Waals surface area contributed by atoms with Crippen LogP contribution in [-0.2, 0) is 0 Å². The van der Waals surface area contributed by atoms with Crippen molar-refractivity contribution in [3.8, 4) is 0 Å². The Kier molecular flexibility index (Phi) is 4.68. The maximum atomic E-state index is 6.26. The Labute approximate surface area is 107 Å². The molecule has 1 saturated carbocycles. The number of rotatable bonds is 4. The first-order valence-electron chi connectivity index (χ1n) is 6.29. The Morgan fingerprint density at radius 2 is 2.19 bits per heavy atom. The summed E-state index contributed by atoms with van der Waals surface area (Å²) in [6.07, 6.45) is 6.89. The van der Waals surface area contributed by atoms with Gasteiger partial charge in [-0.2, -0.15) is 0 Å². The summed E-state index contributed by atoms with van der Waals surface area (Å²) in [5.74, 6) is 0.782. The van der Waals surface area contributed by atoms with Gasteiger partial charge in [0.25, 0.3) is 0 Å². The highest BCUT2D eigenvalue weighted by Crippen LogP contribution is 2.39. The van der Waals surface area contributed by atoms with E-state index in [1.807, 2.05) is 6.07 Å². The summed E-state index contributed by atoms with van der Waals surface area (Å²) in [5, 5.41) is 6.67. The Hall–Kier alpha value is -0.0500. The lowest BCUT2D eigenvalue weighted by molar-refractivity contribution is 0.277. The topological polar surface area (TPSA) is 12.0 Å². The molecule has 0 saturated heterocycles. The maximum Gasteiger partial charge on any atom is 0.0561 e. The molecule has 1 heterocycles. The molecule has 3 heteroatoms. The minimum atomic E-state index is 0.484. The first kappa shape index (κ1) is 12.4. The van der Waals surface area contributed by atoms with E-state index in [-0.39, 0.29) is 0 Å². The van der Waals surface area contributed by atoms with Gasteiger partial charge in [0.05, 0.1) is 5.02 Å². The molecule has 1 aliphatic carbocycles. The molecular weight excluding hydrogens is 238 g/mol. The maximum absolute atomic E-state index is 6.26. The van der Waals surface area contributed by atoms with Crippen LogP contribution in [0, 0.1) is 5.92 Å². The zero-order valence-corrected chi connectivity index (χ0v) is 11.4. The van der Waals surface area contributed by atoms with E-state index in [0.717, 1.165) is 17.5 Å². The standard InChI is InChI=1S/C13H20ClNS/c1-2-15-12(10-6-4-3-5-7-10)13-11(14)8-9-16-13/h8-10,12,15H,2-7H2,1H3. The largest absolute Gasteiger partial charge is 0.309 e. The number of thiophene rings is 1. The van der Waals surface area contributed by atoms with Crippen molar-refractivity contribution in [3.63, 3.8) is 0 Å². The van der Waals surface area contributed by atoms with Gasteiger partial charge in [0.1, 0.15) is 0 Å². The fourth-order valence-corrected chi connectivity index (χ4v) is 4.03. The molecule has 0 amide bonds. The molecule has 1 unspecified atom stereocenters. The van der Waals surface area contributed by atoms with Crippen LogP contribution in [0.2, 0.25) is 5.02 Å². The Bertz CT molecular complexity index is 317. The molecule has 16 heavy (non-hydrogen) atoms. The zero-order chi connectivity index (χ0) is 11.4. The molecule has 1 aliphatic rings. The molecule has 1 N–H and O–H groups in total. The van der Waals surface area contributed by atoms with Crippen LogP contribution >= 0.6 is 22.9 Å². The lowest BCUT2D eigenvalue weighted by atomic mass is 9.83. The Morgan fingerprint density at radius 3 is 2.75 bits per heavy atom. The third-order valence-corrected chi connectivity index (χ3v) is 4.91. The summed E-state index contributed by atoms with van der Waals surface area (Å²) in [6, 6.07) is 2.51. The molecule has 0 aliphatic heterocycles. The van der Waals surface area contributed by atoms with Gasteiger partial charge in [-0.05, 0) is 36.8 Å². The van der Waals surface area contributed by atoms with Crippen molar-refractivity contribution in [3.05, 3.63) is 21.3 Å². The van der Waals surface area contributed by atoms with Crippen LogP contribution in [0.15, 0.2) is 11.4 Å². The van der Waals surface area contributed by atoms with Gasteiger partial charge in [0.15, 0.2) is 0 Å². The summed E-state index contributed by atoms with van der Waals surface area (Å²) in [4.78, 5) is 1.34. The van der Waals surface area contributed by atoms with Crippen LogP contribution in [0.25, 0.3) is 0 Å². The van der Waals surface area contributed by atoms with Crippen molar-refractivity contribution >= 4 is 22.9 Å². The van der Waals surface area contributed by atoms with Crippen molar-refractivity contribution in [2.75, 3.05) is 6.54 Å². The van der Waals surface area contributed by atoms with E-state index >= 15 is 0 Å². The van der Waals surface area contributed by atoms with Crippen LogP contribution < -0.4 is 5.32 Å². The molecule has 0 spiro atoms. The second kappa shape index (κ2) is 6.04. The molecule has 1 fully saturated rings. The van der Waals surface area contributed by atoms with Gasteiger partial charge in [0.2, 0.25) is 0 Å². The summed E-state index contributed by atoms with van der Waals surface area (Å²) in [5.41, 5.74) is 0. The van der Waals surface area contributed by atoms with Gasteiger partial charge in [-0.15, -0.1) is 11.3 Å². The highest BCUT2D eigenvalue weighted by Gasteiger charge is 2.26. The highest BCUT2D eigenvalue weighted by molar-refractivity contribution is 7.10. The van der Waals surface area contributed by atoms with Crippen molar-refractivity contribution in [2.24, 2.45) is 5.92 Å². The predicted molar refractivity (Wildman–Crippen MR) is 72.3 cm³/mol. The molecule has 1 atom stereocenters. The van der Waals surface area contributed by atoms with E-state index in [1.165, 1.54) is 37.0 Å². The molecule has 0 bridgehead atoms. The van der Waals surface area contributed by atoms with E-state index in [2.05, 4.69) is 17.6 Å². The van der Waals surface area contributed by atoms with Crippen molar-refractivity contribution in [1.29, 1.82) is 0 Å². The minimum Gasteiger partial charge on any atom is -0.309 e. The van der Waals surface area contributed by atoms with E-state index in [9.17, 15) is 0 Å². The summed E-state index contributed by atoms with van der Waals surface area (Å²) in [7, 11) is 0. The lowest BCUT2D eigenvalue weighted by Crippen LogP contribution is -2.29. The van der Waals surface area contributed by atoms with Crippen molar-refractivity contribution < 1.29 is 0 Å². The average molecular weight is 258 g/mol. The van der Waals surface area contributed by atoms with Crippen molar-refractivity contribution in [1.82, 2.24) is 5.32 Å². The SMILES string of the molecule is CCNC(c1sccc1Cl)C1CCCCC1.